The zero-order valence-corrected chi connectivity index (χ0v) is 10.5. The Kier molecular flexibility index (Phi) is 3.92. The third-order valence-electron chi connectivity index (χ3n) is 2.95. The molecular formula is C12H14BrF2N. The molecular weight excluding hydrogens is 276 g/mol. The molecule has 1 aromatic carbocycles. The fraction of sp³-hybridized carbons (Fsp3) is 0.500. The van der Waals surface area contributed by atoms with Crippen LogP contribution in [-0.4, -0.2) is 6.54 Å². The Bertz CT molecular complexity index is 350. The average Bonchev–Trinajstić information content (AvgIpc) is 2.44. The monoisotopic (exact) mass is 289 g/mol. The van der Waals surface area contributed by atoms with E-state index in [1.54, 1.807) is 0 Å². The smallest absolute Gasteiger partial charge is 0.132 e. The van der Waals surface area contributed by atoms with E-state index in [4.69, 9.17) is 0 Å². The maximum absolute atomic E-state index is 13.7. The fourth-order valence-corrected chi connectivity index (χ4v) is 2.56. The predicted octanol–water partition coefficient (Wildman–Crippen LogP) is 3.93. The van der Waals surface area contributed by atoms with Crippen molar-refractivity contribution in [3.63, 3.8) is 0 Å². The average molecular weight is 290 g/mol. The van der Waals surface area contributed by atoms with Gasteiger partial charge < -0.3 is 5.32 Å². The van der Waals surface area contributed by atoms with E-state index in [0.29, 0.717) is 4.47 Å². The van der Waals surface area contributed by atoms with Crippen molar-refractivity contribution < 1.29 is 8.78 Å². The van der Waals surface area contributed by atoms with Crippen molar-refractivity contribution in [2.75, 3.05) is 6.54 Å². The highest BCUT2D eigenvalue weighted by Crippen LogP contribution is 2.29. The molecule has 1 aliphatic rings. The van der Waals surface area contributed by atoms with Gasteiger partial charge in [0.25, 0.3) is 0 Å². The maximum atomic E-state index is 13.7. The quantitative estimate of drug-likeness (QED) is 0.826. The molecule has 1 atom stereocenters. The largest absolute Gasteiger partial charge is 0.310 e. The van der Waals surface area contributed by atoms with E-state index in [1.807, 2.05) is 0 Å². The lowest BCUT2D eigenvalue weighted by Gasteiger charge is -2.17. The van der Waals surface area contributed by atoms with Gasteiger partial charge in [0.2, 0.25) is 0 Å². The summed E-state index contributed by atoms with van der Waals surface area (Å²) in [5, 5.41) is 3.20. The van der Waals surface area contributed by atoms with E-state index in [-0.39, 0.29) is 11.6 Å². The van der Waals surface area contributed by atoms with Crippen LogP contribution in [0, 0.1) is 11.6 Å². The first-order chi connectivity index (χ1) is 7.68. The summed E-state index contributed by atoms with van der Waals surface area (Å²) in [6, 6.07) is 2.46. The van der Waals surface area contributed by atoms with E-state index >= 15 is 0 Å². The van der Waals surface area contributed by atoms with Crippen LogP contribution in [0.15, 0.2) is 16.6 Å². The van der Waals surface area contributed by atoms with Gasteiger partial charge in [-0.3, -0.25) is 0 Å². The first kappa shape index (κ1) is 12.0. The van der Waals surface area contributed by atoms with Crippen molar-refractivity contribution in [3.05, 3.63) is 33.8 Å². The van der Waals surface area contributed by atoms with Crippen LogP contribution < -0.4 is 5.32 Å². The van der Waals surface area contributed by atoms with E-state index in [1.165, 1.54) is 12.1 Å². The topological polar surface area (TPSA) is 12.0 Å². The van der Waals surface area contributed by atoms with Crippen molar-refractivity contribution in [2.45, 2.75) is 31.7 Å². The van der Waals surface area contributed by atoms with Crippen molar-refractivity contribution in [1.82, 2.24) is 5.32 Å². The third-order valence-corrected chi connectivity index (χ3v) is 3.41. The number of hydrogen-bond acceptors (Lipinski definition) is 1. The first-order valence-electron chi connectivity index (χ1n) is 5.56. The summed E-state index contributed by atoms with van der Waals surface area (Å²) in [6.07, 6.45) is 4.03. The Morgan fingerprint density at radius 1 is 1.12 bits per heavy atom. The summed E-state index contributed by atoms with van der Waals surface area (Å²) in [5.74, 6) is -0.933. The minimum Gasteiger partial charge on any atom is -0.310 e. The second-order valence-electron chi connectivity index (χ2n) is 4.14. The molecule has 0 bridgehead atoms. The van der Waals surface area contributed by atoms with Crippen LogP contribution in [0.25, 0.3) is 0 Å². The summed E-state index contributed by atoms with van der Waals surface area (Å²) < 4.78 is 27.9. The number of benzene rings is 1. The van der Waals surface area contributed by atoms with E-state index < -0.39 is 11.6 Å². The molecule has 1 aromatic rings. The SMILES string of the molecule is Fc1cc(Br)cc(F)c1C1CCCCCN1. The van der Waals surface area contributed by atoms with Gasteiger partial charge in [0, 0.05) is 16.1 Å². The molecule has 1 unspecified atom stereocenters. The molecule has 0 aliphatic carbocycles. The Morgan fingerprint density at radius 2 is 1.81 bits per heavy atom. The van der Waals surface area contributed by atoms with Gasteiger partial charge in [-0.1, -0.05) is 28.8 Å². The lowest BCUT2D eigenvalue weighted by molar-refractivity contribution is 0.464. The van der Waals surface area contributed by atoms with Gasteiger partial charge in [0.05, 0.1) is 0 Å². The zero-order chi connectivity index (χ0) is 11.5. The van der Waals surface area contributed by atoms with Crippen LogP contribution in [0.5, 0.6) is 0 Å². The van der Waals surface area contributed by atoms with Gasteiger partial charge in [-0.25, -0.2) is 8.78 Å². The van der Waals surface area contributed by atoms with E-state index in [2.05, 4.69) is 21.2 Å². The molecule has 0 amide bonds. The van der Waals surface area contributed by atoms with Crippen molar-refractivity contribution in [2.24, 2.45) is 0 Å². The highest BCUT2D eigenvalue weighted by molar-refractivity contribution is 9.10. The second-order valence-corrected chi connectivity index (χ2v) is 5.05. The Hall–Kier alpha value is -0.480. The van der Waals surface area contributed by atoms with Gasteiger partial charge in [-0.05, 0) is 31.5 Å². The maximum Gasteiger partial charge on any atom is 0.132 e. The minimum absolute atomic E-state index is 0.185. The van der Waals surface area contributed by atoms with Crippen LogP contribution >= 0.6 is 15.9 Å². The van der Waals surface area contributed by atoms with Gasteiger partial charge in [-0.2, -0.15) is 0 Å². The Labute approximate surface area is 102 Å². The fourth-order valence-electron chi connectivity index (χ4n) is 2.16. The molecule has 0 spiro atoms. The molecule has 4 heteroatoms. The molecule has 1 saturated heterocycles. The molecule has 1 fully saturated rings. The van der Waals surface area contributed by atoms with Crippen LogP contribution in [0.3, 0.4) is 0 Å². The number of halogens is 3. The molecule has 1 aliphatic heterocycles. The summed E-state index contributed by atoms with van der Waals surface area (Å²) in [7, 11) is 0. The second kappa shape index (κ2) is 5.23. The molecule has 88 valence electrons. The minimum atomic E-state index is -0.466. The van der Waals surface area contributed by atoms with E-state index in [9.17, 15) is 8.78 Å². The predicted molar refractivity (Wildman–Crippen MR) is 63.3 cm³/mol. The normalized spacial score (nSPS) is 21.8. The number of rotatable bonds is 1. The van der Waals surface area contributed by atoms with Crippen LogP contribution in [-0.2, 0) is 0 Å². The van der Waals surface area contributed by atoms with Gasteiger partial charge in [0.15, 0.2) is 0 Å². The molecule has 1 nitrogen and oxygen atoms in total. The Morgan fingerprint density at radius 3 is 2.50 bits per heavy atom. The summed E-state index contributed by atoms with van der Waals surface area (Å²) in [4.78, 5) is 0. The van der Waals surface area contributed by atoms with Gasteiger partial charge >= 0.3 is 0 Å². The summed E-state index contributed by atoms with van der Waals surface area (Å²) in [6.45, 7) is 0.833. The van der Waals surface area contributed by atoms with Crippen molar-refractivity contribution >= 4 is 15.9 Å². The molecule has 2 rings (SSSR count). The molecule has 16 heavy (non-hydrogen) atoms. The number of hydrogen-bond donors (Lipinski definition) is 1. The van der Waals surface area contributed by atoms with Gasteiger partial charge in [0.1, 0.15) is 11.6 Å². The molecule has 0 radical (unpaired) electrons. The zero-order valence-electron chi connectivity index (χ0n) is 8.90. The van der Waals surface area contributed by atoms with Crippen LogP contribution in [0.4, 0.5) is 8.78 Å². The third kappa shape index (κ3) is 2.61. The molecule has 1 N–H and O–H groups in total. The van der Waals surface area contributed by atoms with Crippen LogP contribution in [0.1, 0.15) is 37.3 Å². The lowest BCUT2D eigenvalue weighted by Crippen LogP contribution is -2.22. The highest BCUT2D eigenvalue weighted by Gasteiger charge is 2.21. The van der Waals surface area contributed by atoms with Crippen molar-refractivity contribution in [1.29, 1.82) is 0 Å². The van der Waals surface area contributed by atoms with Crippen LogP contribution in [0.2, 0.25) is 0 Å². The highest BCUT2D eigenvalue weighted by atomic mass is 79.9. The summed E-state index contributed by atoms with van der Waals surface area (Å²) in [5.41, 5.74) is 0.185. The molecule has 0 aromatic heterocycles. The van der Waals surface area contributed by atoms with Gasteiger partial charge in [-0.15, -0.1) is 0 Å². The lowest BCUT2D eigenvalue weighted by atomic mass is 10.0. The molecule has 1 heterocycles. The number of nitrogens with one attached hydrogen (secondary N) is 1. The molecule has 0 saturated carbocycles. The summed E-state index contributed by atoms with van der Waals surface area (Å²) >= 11 is 3.09. The van der Waals surface area contributed by atoms with Crippen molar-refractivity contribution in [3.8, 4) is 0 Å². The standard InChI is InChI=1S/C12H14BrF2N/c13-8-6-9(14)12(10(15)7-8)11-4-2-1-3-5-16-11/h6-7,11,16H,1-5H2. The van der Waals surface area contributed by atoms with E-state index in [0.717, 1.165) is 32.2 Å². The Balaban J connectivity index is 2.31. The first-order valence-corrected chi connectivity index (χ1v) is 6.35.